The molecule has 0 atom stereocenters. The molecular formula is C23H25NO4. The number of ether oxygens (including phenoxy) is 1. The molecule has 1 aromatic heterocycles. The van der Waals surface area contributed by atoms with Crippen LogP contribution in [0.25, 0.3) is 11.0 Å². The van der Waals surface area contributed by atoms with Gasteiger partial charge in [-0.1, -0.05) is 18.2 Å². The minimum atomic E-state index is -0.398. The molecule has 1 amide bonds. The summed E-state index contributed by atoms with van der Waals surface area (Å²) in [6, 6.07) is 13.2. The van der Waals surface area contributed by atoms with E-state index in [0.717, 1.165) is 22.2 Å². The topological polar surface area (TPSA) is 59.8 Å². The molecule has 1 heterocycles. The third-order valence-corrected chi connectivity index (χ3v) is 5.11. The number of benzene rings is 2. The highest BCUT2D eigenvalue weighted by atomic mass is 16.5. The summed E-state index contributed by atoms with van der Waals surface area (Å²) in [6.45, 7) is 6.41. The summed E-state index contributed by atoms with van der Waals surface area (Å²) in [7, 11) is 1.57. The van der Waals surface area contributed by atoms with E-state index in [0.29, 0.717) is 29.9 Å². The number of carbonyl (C=O) groups is 1. The molecule has 0 spiro atoms. The van der Waals surface area contributed by atoms with E-state index in [1.54, 1.807) is 18.1 Å². The van der Waals surface area contributed by atoms with Crippen LogP contribution in [0.15, 0.2) is 51.7 Å². The first kappa shape index (κ1) is 19.7. The SMILES string of the molecule is CCN(C(=O)CCc1c(C)c2ccc(OC)cc2oc1=O)c1ccccc1C. The zero-order chi connectivity index (χ0) is 20.3. The van der Waals surface area contributed by atoms with E-state index in [9.17, 15) is 9.59 Å². The Labute approximate surface area is 164 Å². The number of rotatable bonds is 6. The molecule has 0 aliphatic rings. The molecule has 3 rings (SSSR count). The van der Waals surface area contributed by atoms with Crippen molar-refractivity contribution in [2.24, 2.45) is 0 Å². The highest BCUT2D eigenvalue weighted by molar-refractivity contribution is 5.94. The predicted octanol–water partition coefficient (Wildman–Crippen LogP) is 4.40. The molecule has 0 radical (unpaired) electrons. The van der Waals surface area contributed by atoms with Crippen molar-refractivity contribution < 1.29 is 13.9 Å². The molecule has 0 aliphatic heterocycles. The van der Waals surface area contributed by atoms with Crippen LogP contribution in [-0.4, -0.2) is 19.6 Å². The van der Waals surface area contributed by atoms with Crippen LogP contribution in [0, 0.1) is 13.8 Å². The van der Waals surface area contributed by atoms with Crippen LogP contribution in [0.3, 0.4) is 0 Å². The van der Waals surface area contributed by atoms with Gasteiger partial charge >= 0.3 is 5.63 Å². The number of carbonyl (C=O) groups excluding carboxylic acids is 1. The standard InChI is InChI=1S/C23H25NO4/c1-5-24(20-9-7-6-8-15(20)2)22(25)13-12-19-16(3)18-11-10-17(27-4)14-21(18)28-23(19)26/h6-11,14H,5,12-13H2,1-4H3. The molecule has 146 valence electrons. The molecule has 0 aliphatic carbocycles. The van der Waals surface area contributed by atoms with Crippen molar-refractivity contribution in [3.8, 4) is 5.75 Å². The summed E-state index contributed by atoms with van der Waals surface area (Å²) in [6.07, 6.45) is 0.590. The van der Waals surface area contributed by atoms with Gasteiger partial charge in [-0.2, -0.15) is 0 Å². The third kappa shape index (κ3) is 3.79. The van der Waals surface area contributed by atoms with Crippen molar-refractivity contribution >= 4 is 22.6 Å². The van der Waals surface area contributed by atoms with Crippen molar-refractivity contribution in [3.63, 3.8) is 0 Å². The Kier molecular flexibility index (Phi) is 5.83. The van der Waals surface area contributed by atoms with Crippen LogP contribution in [0.5, 0.6) is 5.75 Å². The monoisotopic (exact) mass is 379 g/mol. The number of methoxy groups -OCH3 is 1. The van der Waals surface area contributed by atoms with Gasteiger partial charge in [0.1, 0.15) is 11.3 Å². The van der Waals surface area contributed by atoms with Crippen LogP contribution in [0.4, 0.5) is 5.69 Å². The van der Waals surface area contributed by atoms with Crippen molar-refractivity contribution in [3.05, 3.63) is 69.6 Å². The van der Waals surface area contributed by atoms with Crippen molar-refractivity contribution in [1.82, 2.24) is 0 Å². The fourth-order valence-electron chi connectivity index (χ4n) is 3.50. The molecule has 3 aromatic rings. The summed E-state index contributed by atoms with van der Waals surface area (Å²) in [4.78, 5) is 27.1. The molecule has 0 fully saturated rings. The van der Waals surface area contributed by atoms with E-state index in [2.05, 4.69) is 0 Å². The zero-order valence-electron chi connectivity index (χ0n) is 16.7. The Morgan fingerprint density at radius 3 is 2.57 bits per heavy atom. The fourth-order valence-corrected chi connectivity index (χ4v) is 3.50. The lowest BCUT2D eigenvalue weighted by molar-refractivity contribution is -0.118. The van der Waals surface area contributed by atoms with Gasteiger partial charge < -0.3 is 14.1 Å². The number of fused-ring (bicyclic) bond motifs is 1. The summed E-state index contributed by atoms with van der Waals surface area (Å²) in [5, 5.41) is 0.856. The van der Waals surface area contributed by atoms with E-state index in [-0.39, 0.29) is 12.3 Å². The van der Waals surface area contributed by atoms with Gasteiger partial charge in [0.05, 0.1) is 7.11 Å². The molecule has 0 unspecified atom stereocenters. The fraction of sp³-hybridized carbons (Fsp3) is 0.304. The second kappa shape index (κ2) is 8.30. The van der Waals surface area contributed by atoms with Crippen LogP contribution < -0.4 is 15.3 Å². The average Bonchev–Trinajstić information content (AvgIpc) is 2.69. The van der Waals surface area contributed by atoms with E-state index in [4.69, 9.17) is 9.15 Å². The van der Waals surface area contributed by atoms with Crippen molar-refractivity contribution in [2.75, 3.05) is 18.6 Å². The second-order valence-electron chi connectivity index (χ2n) is 6.78. The third-order valence-electron chi connectivity index (χ3n) is 5.11. The number of hydrogen-bond acceptors (Lipinski definition) is 4. The Morgan fingerprint density at radius 1 is 1.14 bits per heavy atom. The molecule has 0 N–H and O–H groups in total. The number of para-hydroxylation sites is 1. The molecule has 0 bridgehead atoms. The number of hydrogen-bond donors (Lipinski definition) is 0. The maximum atomic E-state index is 12.8. The first-order chi connectivity index (χ1) is 13.5. The maximum Gasteiger partial charge on any atom is 0.339 e. The number of nitrogens with zero attached hydrogens (tertiary/aromatic N) is 1. The zero-order valence-corrected chi connectivity index (χ0v) is 16.7. The number of aryl methyl sites for hydroxylation is 2. The van der Waals surface area contributed by atoms with Gasteiger partial charge in [0.15, 0.2) is 0 Å². The van der Waals surface area contributed by atoms with E-state index in [1.165, 1.54) is 0 Å². The van der Waals surface area contributed by atoms with Crippen molar-refractivity contribution in [2.45, 2.75) is 33.6 Å². The highest BCUT2D eigenvalue weighted by Gasteiger charge is 2.18. The Balaban J connectivity index is 1.85. The molecule has 2 aromatic carbocycles. The first-order valence-electron chi connectivity index (χ1n) is 9.42. The summed E-state index contributed by atoms with van der Waals surface area (Å²) >= 11 is 0. The maximum absolute atomic E-state index is 12.8. The summed E-state index contributed by atoms with van der Waals surface area (Å²) in [5.41, 5.74) is 3.45. The van der Waals surface area contributed by atoms with Gasteiger partial charge in [-0.15, -0.1) is 0 Å². The molecule has 5 nitrogen and oxygen atoms in total. The predicted molar refractivity (Wildman–Crippen MR) is 111 cm³/mol. The lowest BCUT2D eigenvalue weighted by Crippen LogP contribution is -2.31. The summed E-state index contributed by atoms with van der Waals surface area (Å²) < 4.78 is 10.7. The minimum Gasteiger partial charge on any atom is -0.497 e. The second-order valence-corrected chi connectivity index (χ2v) is 6.78. The molecule has 28 heavy (non-hydrogen) atoms. The quantitative estimate of drug-likeness (QED) is 0.596. The normalized spacial score (nSPS) is 10.9. The highest BCUT2D eigenvalue weighted by Crippen LogP contribution is 2.25. The van der Waals surface area contributed by atoms with Gasteiger partial charge in [0, 0.05) is 35.7 Å². The Morgan fingerprint density at radius 2 is 1.89 bits per heavy atom. The van der Waals surface area contributed by atoms with E-state index >= 15 is 0 Å². The lowest BCUT2D eigenvalue weighted by atomic mass is 10.0. The molecule has 0 saturated carbocycles. The van der Waals surface area contributed by atoms with Gasteiger partial charge in [-0.3, -0.25) is 4.79 Å². The van der Waals surface area contributed by atoms with Gasteiger partial charge in [0.25, 0.3) is 0 Å². The van der Waals surface area contributed by atoms with Gasteiger partial charge in [-0.25, -0.2) is 4.79 Å². The molecule has 0 saturated heterocycles. The smallest absolute Gasteiger partial charge is 0.339 e. The average molecular weight is 379 g/mol. The first-order valence-corrected chi connectivity index (χ1v) is 9.42. The van der Waals surface area contributed by atoms with Gasteiger partial charge in [-0.05, 0) is 56.5 Å². The largest absolute Gasteiger partial charge is 0.497 e. The van der Waals surface area contributed by atoms with Crippen molar-refractivity contribution in [1.29, 1.82) is 0 Å². The minimum absolute atomic E-state index is 0.00886. The Bertz CT molecular complexity index is 1070. The van der Waals surface area contributed by atoms with E-state index < -0.39 is 5.63 Å². The van der Waals surface area contributed by atoms with Crippen LogP contribution in [0.2, 0.25) is 0 Å². The van der Waals surface area contributed by atoms with Crippen LogP contribution in [-0.2, 0) is 11.2 Å². The number of anilines is 1. The number of amides is 1. The van der Waals surface area contributed by atoms with Crippen LogP contribution in [0.1, 0.15) is 30.0 Å². The van der Waals surface area contributed by atoms with Crippen LogP contribution >= 0.6 is 0 Å². The van der Waals surface area contributed by atoms with Gasteiger partial charge in [0.2, 0.25) is 5.91 Å². The summed E-state index contributed by atoms with van der Waals surface area (Å²) in [5.74, 6) is 0.625. The lowest BCUT2D eigenvalue weighted by Gasteiger charge is -2.23. The molecular weight excluding hydrogens is 354 g/mol. The van der Waals surface area contributed by atoms with E-state index in [1.807, 2.05) is 57.2 Å². The molecule has 5 heteroatoms. The Hall–Kier alpha value is -3.08.